The van der Waals surface area contributed by atoms with Crippen molar-refractivity contribution in [1.82, 2.24) is 20.2 Å². The van der Waals surface area contributed by atoms with E-state index in [1.807, 2.05) is 0 Å². The van der Waals surface area contributed by atoms with E-state index in [1.165, 1.54) is 6.33 Å². The summed E-state index contributed by atoms with van der Waals surface area (Å²) in [5.41, 5.74) is -0.687. The first-order valence-electron chi connectivity index (χ1n) is 6.95. The first-order valence-corrected chi connectivity index (χ1v) is 7.35. The lowest BCUT2D eigenvalue weighted by Gasteiger charge is -2.32. The molecule has 8 heteroatoms. The predicted octanol–water partition coefficient (Wildman–Crippen LogP) is -0.162. The van der Waals surface area contributed by atoms with Crippen LogP contribution in [-0.4, -0.2) is 64.0 Å². The van der Waals surface area contributed by atoms with Crippen LogP contribution in [0, 0.1) is 5.92 Å². The van der Waals surface area contributed by atoms with Crippen LogP contribution in [0.4, 0.5) is 5.82 Å². The van der Waals surface area contributed by atoms with Crippen molar-refractivity contribution < 1.29 is 9.84 Å². The number of hydrogen-bond donors (Lipinski definition) is 3. The number of aliphatic hydroxyl groups is 1. The molecule has 2 fully saturated rings. The van der Waals surface area contributed by atoms with Crippen LogP contribution in [-0.2, 0) is 0 Å². The molecule has 3 heterocycles. The average Bonchev–Trinajstić information content (AvgIpc) is 3.06. The van der Waals surface area contributed by atoms with Crippen LogP contribution in [0.1, 0.15) is 6.42 Å². The summed E-state index contributed by atoms with van der Waals surface area (Å²) in [7, 11) is 1.54. The summed E-state index contributed by atoms with van der Waals surface area (Å²) in [6.07, 6.45) is 2.46. The van der Waals surface area contributed by atoms with Gasteiger partial charge in [0.2, 0.25) is 5.88 Å². The molecule has 0 aromatic carbocycles. The fourth-order valence-electron chi connectivity index (χ4n) is 3.04. The zero-order valence-corrected chi connectivity index (χ0v) is 12.7. The van der Waals surface area contributed by atoms with E-state index in [2.05, 4.69) is 25.5 Å². The van der Waals surface area contributed by atoms with Gasteiger partial charge in [-0.25, -0.2) is 9.97 Å². The molecule has 3 atom stereocenters. The van der Waals surface area contributed by atoms with Crippen molar-refractivity contribution in [2.24, 2.45) is 5.92 Å². The van der Waals surface area contributed by atoms with Crippen molar-refractivity contribution in [2.75, 3.05) is 38.6 Å². The maximum atomic E-state index is 10.6. The molecule has 2 aliphatic heterocycles. The van der Waals surface area contributed by atoms with Crippen LogP contribution < -0.4 is 15.4 Å². The van der Waals surface area contributed by atoms with Gasteiger partial charge in [-0.2, -0.15) is 0 Å². The van der Waals surface area contributed by atoms with Crippen LogP contribution in [0.3, 0.4) is 0 Å². The number of methoxy groups -OCH3 is 1. The van der Waals surface area contributed by atoms with Crippen LogP contribution in [0.15, 0.2) is 12.4 Å². The number of rotatable bonds is 4. The monoisotopic (exact) mass is 309 g/mol. The standard InChI is InChI=1S/C13H19N5O2S/c1-20-11-4-10(15-8-16-11)17-12(21)14-6-13(19)7-18-3-2-9(13)5-18/h4,8-9,19H,2-3,5-7H2,1H3,(H2,14,15,16,17,21)/t9-,13?/m1/s1. The highest BCUT2D eigenvalue weighted by molar-refractivity contribution is 7.80. The van der Waals surface area contributed by atoms with Gasteiger partial charge in [0.1, 0.15) is 12.1 Å². The molecular formula is C13H19N5O2S. The SMILES string of the molecule is COc1cc(NC(=S)NCC2(O)CN3CC[C@@H]2C3)ncn1. The highest BCUT2D eigenvalue weighted by Crippen LogP contribution is 2.35. The minimum Gasteiger partial charge on any atom is -0.481 e. The highest BCUT2D eigenvalue weighted by Gasteiger charge is 2.48. The van der Waals surface area contributed by atoms with Crippen molar-refractivity contribution in [3.8, 4) is 5.88 Å². The predicted molar refractivity (Wildman–Crippen MR) is 82.3 cm³/mol. The number of piperidine rings is 1. The van der Waals surface area contributed by atoms with Gasteiger partial charge in [-0.3, -0.25) is 4.90 Å². The fourth-order valence-corrected chi connectivity index (χ4v) is 3.22. The molecule has 0 radical (unpaired) electrons. The molecule has 0 saturated carbocycles. The lowest BCUT2D eigenvalue weighted by atomic mass is 9.88. The molecule has 2 saturated heterocycles. The molecule has 1 aromatic rings. The van der Waals surface area contributed by atoms with E-state index in [9.17, 15) is 5.11 Å². The average molecular weight is 309 g/mol. The van der Waals surface area contributed by atoms with Crippen molar-refractivity contribution in [3.63, 3.8) is 0 Å². The van der Waals surface area contributed by atoms with Gasteiger partial charge in [0.25, 0.3) is 0 Å². The minimum atomic E-state index is -0.687. The second kappa shape index (κ2) is 5.70. The largest absolute Gasteiger partial charge is 0.481 e. The van der Waals surface area contributed by atoms with E-state index >= 15 is 0 Å². The van der Waals surface area contributed by atoms with E-state index in [1.54, 1.807) is 13.2 Å². The number of anilines is 1. The van der Waals surface area contributed by atoms with Crippen LogP contribution >= 0.6 is 12.2 Å². The Morgan fingerprint density at radius 1 is 1.62 bits per heavy atom. The topological polar surface area (TPSA) is 82.5 Å². The number of fused-ring (bicyclic) bond motifs is 2. The van der Waals surface area contributed by atoms with E-state index < -0.39 is 5.60 Å². The Labute approximate surface area is 128 Å². The quantitative estimate of drug-likeness (QED) is 0.662. The number of aromatic nitrogens is 2. The molecule has 7 nitrogen and oxygen atoms in total. The summed E-state index contributed by atoms with van der Waals surface area (Å²) in [6, 6.07) is 1.66. The number of nitrogens with zero attached hydrogens (tertiary/aromatic N) is 3. The smallest absolute Gasteiger partial charge is 0.218 e. The maximum Gasteiger partial charge on any atom is 0.218 e. The normalized spacial score (nSPS) is 30.2. The van der Waals surface area contributed by atoms with Gasteiger partial charge in [-0.05, 0) is 25.2 Å². The molecule has 1 aromatic heterocycles. The van der Waals surface area contributed by atoms with Crippen molar-refractivity contribution in [1.29, 1.82) is 0 Å². The Morgan fingerprint density at radius 2 is 2.48 bits per heavy atom. The van der Waals surface area contributed by atoms with Crippen LogP contribution in [0.25, 0.3) is 0 Å². The van der Waals surface area contributed by atoms with Gasteiger partial charge in [0.05, 0.1) is 12.7 Å². The Bertz CT molecular complexity index is 543. The Morgan fingerprint density at radius 3 is 3.14 bits per heavy atom. The number of ether oxygens (including phenoxy) is 1. The third kappa shape index (κ3) is 3.07. The first-order chi connectivity index (χ1) is 10.1. The van der Waals surface area contributed by atoms with E-state index in [0.717, 1.165) is 19.5 Å². The maximum absolute atomic E-state index is 10.6. The Balaban J connectivity index is 1.52. The number of hydrogen-bond acceptors (Lipinski definition) is 6. The Hall–Kier alpha value is -1.51. The van der Waals surface area contributed by atoms with Crippen molar-refractivity contribution in [3.05, 3.63) is 12.4 Å². The number of nitrogens with one attached hydrogen (secondary N) is 2. The summed E-state index contributed by atoms with van der Waals surface area (Å²) >= 11 is 5.24. The molecule has 3 rings (SSSR count). The molecule has 0 aliphatic carbocycles. The van der Waals surface area contributed by atoms with Gasteiger partial charge in [0.15, 0.2) is 5.11 Å². The zero-order valence-electron chi connectivity index (χ0n) is 11.9. The molecule has 2 bridgehead atoms. The summed E-state index contributed by atoms with van der Waals surface area (Å²) < 4.78 is 5.03. The zero-order chi connectivity index (χ0) is 14.9. The lowest BCUT2D eigenvalue weighted by molar-refractivity contribution is -0.000179. The number of thiocarbonyl (C=S) groups is 1. The molecular weight excluding hydrogens is 290 g/mol. The van der Waals surface area contributed by atoms with Gasteiger partial charge in [-0.1, -0.05) is 0 Å². The summed E-state index contributed by atoms with van der Waals surface area (Å²) in [5, 5.41) is 17.1. The lowest BCUT2D eigenvalue weighted by Crippen LogP contribution is -2.51. The van der Waals surface area contributed by atoms with Gasteiger partial charge >= 0.3 is 0 Å². The summed E-state index contributed by atoms with van der Waals surface area (Å²) in [5.74, 6) is 1.37. The molecule has 21 heavy (non-hydrogen) atoms. The van der Waals surface area contributed by atoms with Crippen molar-refractivity contribution >= 4 is 23.1 Å². The van der Waals surface area contributed by atoms with Gasteiger partial charge in [0, 0.05) is 31.6 Å². The van der Waals surface area contributed by atoms with E-state index in [4.69, 9.17) is 17.0 Å². The van der Waals surface area contributed by atoms with Crippen LogP contribution in [0.5, 0.6) is 5.88 Å². The summed E-state index contributed by atoms with van der Waals surface area (Å²) in [6.45, 7) is 3.24. The third-order valence-corrected chi connectivity index (χ3v) is 4.42. The molecule has 0 spiro atoms. The minimum absolute atomic E-state index is 0.340. The molecule has 2 aliphatic rings. The van der Waals surface area contributed by atoms with Crippen LogP contribution in [0.2, 0.25) is 0 Å². The fraction of sp³-hybridized carbons (Fsp3) is 0.615. The molecule has 2 unspecified atom stereocenters. The second-order valence-electron chi connectivity index (χ2n) is 5.58. The molecule has 114 valence electrons. The first kappa shape index (κ1) is 14.4. The van der Waals surface area contributed by atoms with E-state index in [0.29, 0.717) is 35.8 Å². The second-order valence-corrected chi connectivity index (χ2v) is 5.99. The summed E-state index contributed by atoms with van der Waals surface area (Å²) in [4.78, 5) is 10.3. The Kier molecular flexibility index (Phi) is 3.92. The molecule has 3 N–H and O–H groups in total. The third-order valence-electron chi connectivity index (χ3n) is 4.18. The molecule has 0 amide bonds. The highest BCUT2D eigenvalue weighted by atomic mass is 32.1. The van der Waals surface area contributed by atoms with E-state index in [-0.39, 0.29) is 0 Å². The van der Waals surface area contributed by atoms with Crippen molar-refractivity contribution in [2.45, 2.75) is 12.0 Å². The van der Waals surface area contributed by atoms with Gasteiger partial charge < -0.3 is 20.5 Å². The van der Waals surface area contributed by atoms with Gasteiger partial charge in [-0.15, -0.1) is 0 Å².